The van der Waals surface area contributed by atoms with E-state index in [-0.39, 0.29) is 30.0 Å². The first-order valence-corrected chi connectivity index (χ1v) is 11.3. The smallest absolute Gasteiger partial charge is 0.191 e. The van der Waals surface area contributed by atoms with Gasteiger partial charge in [0.15, 0.2) is 17.5 Å². The van der Waals surface area contributed by atoms with Gasteiger partial charge in [-0.2, -0.15) is 0 Å². The highest BCUT2D eigenvalue weighted by Crippen LogP contribution is 2.30. The van der Waals surface area contributed by atoms with E-state index in [4.69, 9.17) is 14.5 Å². The summed E-state index contributed by atoms with van der Waals surface area (Å²) in [6, 6.07) is 6.17. The van der Waals surface area contributed by atoms with Crippen LogP contribution < -0.4 is 20.1 Å². The molecule has 1 aromatic carbocycles. The van der Waals surface area contributed by atoms with Crippen LogP contribution in [0.4, 0.5) is 0 Å². The zero-order valence-electron chi connectivity index (χ0n) is 18.7. The molecule has 0 aliphatic heterocycles. The van der Waals surface area contributed by atoms with Crippen molar-refractivity contribution >= 4 is 41.3 Å². The average molecular weight is 547 g/mol. The predicted octanol–water partition coefficient (Wildman–Crippen LogP) is 5.12. The fourth-order valence-corrected chi connectivity index (χ4v) is 3.70. The zero-order chi connectivity index (χ0) is 21.1. The Morgan fingerprint density at radius 3 is 2.53 bits per heavy atom. The van der Waals surface area contributed by atoms with Crippen molar-refractivity contribution in [1.29, 1.82) is 0 Å². The van der Waals surface area contributed by atoms with Gasteiger partial charge in [0.2, 0.25) is 0 Å². The van der Waals surface area contributed by atoms with Gasteiger partial charge in [-0.05, 0) is 58.7 Å². The van der Waals surface area contributed by atoms with Crippen molar-refractivity contribution < 1.29 is 9.47 Å². The van der Waals surface area contributed by atoms with Gasteiger partial charge < -0.3 is 20.1 Å². The monoisotopic (exact) mass is 546 g/mol. The molecule has 0 aliphatic carbocycles. The molecule has 8 heteroatoms. The maximum absolute atomic E-state index is 5.75. The number of halogens is 1. The number of aliphatic imine (C=N–C) groups is 1. The molecule has 6 nitrogen and oxygen atoms in total. The van der Waals surface area contributed by atoms with Gasteiger partial charge in [0.1, 0.15) is 0 Å². The Morgan fingerprint density at radius 1 is 1.17 bits per heavy atom. The second kappa shape index (κ2) is 14.5. The molecule has 2 rings (SSSR count). The summed E-state index contributed by atoms with van der Waals surface area (Å²) in [6.45, 7) is 13.0. The van der Waals surface area contributed by atoms with E-state index in [9.17, 15) is 0 Å². The number of rotatable bonds is 11. The van der Waals surface area contributed by atoms with Crippen LogP contribution >= 0.6 is 35.3 Å². The van der Waals surface area contributed by atoms with E-state index in [2.05, 4.69) is 40.9 Å². The Labute approximate surface area is 201 Å². The molecule has 0 fully saturated rings. The molecule has 0 radical (unpaired) electrons. The first kappa shape index (κ1) is 26.5. The third kappa shape index (κ3) is 8.67. The minimum atomic E-state index is 0. The molecule has 2 N–H and O–H groups in total. The lowest BCUT2D eigenvalue weighted by Gasteiger charge is -2.20. The van der Waals surface area contributed by atoms with Crippen molar-refractivity contribution in [3.63, 3.8) is 0 Å². The van der Waals surface area contributed by atoms with Crippen LogP contribution in [0.5, 0.6) is 11.5 Å². The van der Waals surface area contributed by atoms with Crippen LogP contribution in [-0.2, 0) is 6.42 Å². The lowest BCUT2D eigenvalue weighted by molar-refractivity contribution is 0.287. The summed E-state index contributed by atoms with van der Waals surface area (Å²) in [7, 11) is 0. The molecule has 0 bridgehead atoms. The minimum Gasteiger partial charge on any atom is -0.490 e. The number of nitrogens with zero attached hydrogens (tertiary/aromatic N) is 2. The molecule has 1 atom stereocenters. The summed E-state index contributed by atoms with van der Waals surface area (Å²) in [5, 5.41) is 10.1. The first-order valence-electron chi connectivity index (χ1n) is 10.4. The topological polar surface area (TPSA) is 67.8 Å². The van der Waals surface area contributed by atoms with Gasteiger partial charge in [-0.3, -0.25) is 4.99 Å². The van der Waals surface area contributed by atoms with Crippen LogP contribution in [0.3, 0.4) is 0 Å². The number of hydrogen-bond donors (Lipinski definition) is 2. The normalized spacial score (nSPS) is 12.1. The van der Waals surface area contributed by atoms with E-state index in [1.165, 1.54) is 5.01 Å². The van der Waals surface area contributed by atoms with Crippen LogP contribution in [0.1, 0.15) is 56.4 Å². The van der Waals surface area contributed by atoms with Crippen molar-refractivity contribution in [2.45, 2.75) is 53.5 Å². The SMILES string of the molecule is CCNC(=NCCCc1nc(C)cs1)NC(C)c1ccc(OCC)c(OCC)c1.I. The molecule has 168 valence electrons. The molecular formula is C22H35IN4O2S. The third-order valence-electron chi connectivity index (χ3n) is 4.25. The molecule has 1 aromatic heterocycles. The Hall–Kier alpha value is -1.55. The van der Waals surface area contributed by atoms with E-state index in [1.54, 1.807) is 11.3 Å². The van der Waals surface area contributed by atoms with Gasteiger partial charge >= 0.3 is 0 Å². The molecule has 0 saturated carbocycles. The number of ether oxygens (including phenoxy) is 2. The number of hydrogen-bond acceptors (Lipinski definition) is 5. The number of thiazole rings is 1. The van der Waals surface area contributed by atoms with Gasteiger partial charge in [-0.25, -0.2) is 4.98 Å². The lowest BCUT2D eigenvalue weighted by Crippen LogP contribution is -2.38. The van der Waals surface area contributed by atoms with Gasteiger partial charge in [-0.1, -0.05) is 6.07 Å². The number of benzene rings is 1. The Kier molecular flexibility index (Phi) is 12.8. The second-order valence-electron chi connectivity index (χ2n) is 6.69. The largest absolute Gasteiger partial charge is 0.490 e. The van der Waals surface area contributed by atoms with Crippen molar-refractivity contribution in [2.75, 3.05) is 26.3 Å². The van der Waals surface area contributed by atoms with Crippen molar-refractivity contribution in [3.05, 3.63) is 39.8 Å². The molecule has 0 spiro atoms. The van der Waals surface area contributed by atoms with Crippen LogP contribution in [-0.4, -0.2) is 37.2 Å². The maximum Gasteiger partial charge on any atom is 0.191 e. The lowest BCUT2D eigenvalue weighted by atomic mass is 10.1. The van der Waals surface area contributed by atoms with E-state index in [0.29, 0.717) is 13.2 Å². The van der Waals surface area contributed by atoms with E-state index < -0.39 is 0 Å². The third-order valence-corrected chi connectivity index (χ3v) is 5.28. The van der Waals surface area contributed by atoms with E-state index in [1.807, 2.05) is 32.9 Å². The van der Waals surface area contributed by atoms with Crippen molar-refractivity contribution in [1.82, 2.24) is 15.6 Å². The van der Waals surface area contributed by atoms with Gasteiger partial charge in [0.05, 0.1) is 24.3 Å². The summed E-state index contributed by atoms with van der Waals surface area (Å²) in [4.78, 5) is 9.23. The van der Waals surface area contributed by atoms with Crippen LogP contribution in [0, 0.1) is 6.92 Å². The van der Waals surface area contributed by atoms with E-state index >= 15 is 0 Å². The summed E-state index contributed by atoms with van der Waals surface area (Å²) in [5.41, 5.74) is 2.22. The van der Waals surface area contributed by atoms with Crippen molar-refractivity contribution in [2.24, 2.45) is 4.99 Å². The second-order valence-corrected chi connectivity index (χ2v) is 7.63. The quantitative estimate of drug-likeness (QED) is 0.177. The molecule has 30 heavy (non-hydrogen) atoms. The number of aryl methyl sites for hydroxylation is 2. The van der Waals surface area contributed by atoms with Crippen LogP contribution in [0.2, 0.25) is 0 Å². The molecule has 0 amide bonds. The first-order chi connectivity index (χ1) is 14.1. The number of aromatic nitrogens is 1. The fraction of sp³-hybridized carbons (Fsp3) is 0.545. The standard InChI is InChI=1S/C22H34N4O2S.HI/c1-6-23-22(24-13-9-10-21-25-16(4)15-29-21)26-17(5)18-11-12-19(27-7-2)20(14-18)28-8-3;/h11-12,14-15,17H,6-10,13H2,1-5H3,(H2,23,24,26);1H. The average Bonchev–Trinajstić information content (AvgIpc) is 3.12. The molecular weight excluding hydrogens is 511 g/mol. The van der Waals surface area contributed by atoms with Crippen LogP contribution in [0.15, 0.2) is 28.6 Å². The predicted molar refractivity (Wildman–Crippen MR) is 137 cm³/mol. The maximum atomic E-state index is 5.75. The van der Waals surface area contributed by atoms with Crippen molar-refractivity contribution in [3.8, 4) is 11.5 Å². The Balaban J connectivity index is 0.00000450. The summed E-state index contributed by atoms with van der Waals surface area (Å²) >= 11 is 1.72. The molecule has 0 saturated heterocycles. The molecule has 2 aromatic rings. The zero-order valence-corrected chi connectivity index (χ0v) is 21.8. The van der Waals surface area contributed by atoms with E-state index in [0.717, 1.165) is 54.6 Å². The fourth-order valence-electron chi connectivity index (χ4n) is 2.88. The van der Waals surface area contributed by atoms with Gasteiger partial charge in [0.25, 0.3) is 0 Å². The highest BCUT2D eigenvalue weighted by molar-refractivity contribution is 14.0. The summed E-state index contributed by atoms with van der Waals surface area (Å²) < 4.78 is 11.4. The Morgan fingerprint density at radius 2 is 1.90 bits per heavy atom. The minimum absolute atomic E-state index is 0. The summed E-state index contributed by atoms with van der Waals surface area (Å²) in [6.07, 6.45) is 1.95. The van der Waals surface area contributed by atoms with Crippen LogP contribution in [0.25, 0.3) is 0 Å². The Bertz CT molecular complexity index is 782. The molecule has 1 unspecified atom stereocenters. The molecule has 0 aliphatic rings. The number of nitrogens with one attached hydrogen (secondary N) is 2. The molecule has 1 heterocycles. The number of guanidine groups is 1. The van der Waals surface area contributed by atoms with Gasteiger partial charge in [-0.15, -0.1) is 35.3 Å². The highest BCUT2D eigenvalue weighted by atomic mass is 127. The summed E-state index contributed by atoms with van der Waals surface area (Å²) in [5.74, 6) is 2.38. The van der Waals surface area contributed by atoms with Gasteiger partial charge in [0, 0.05) is 30.6 Å². The highest BCUT2D eigenvalue weighted by Gasteiger charge is 2.12.